The van der Waals surface area contributed by atoms with Crippen molar-refractivity contribution >= 4 is 0 Å². The van der Waals surface area contributed by atoms with Crippen LogP contribution in [-0.2, 0) is 12.2 Å². The Morgan fingerprint density at radius 1 is 1.14 bits per heavy atom. The fourth-order valence-electron chi connectivity index (χ4n) is 2.81. The number of fused-ring (bicyclic) bond motifs is 2. The van der Waals surface area contributed by atoms with Crippen LogP contribution in [0, 0.1) is 0 Å². The summed E-state index contributed by atoms with van der Waals surface area (Å²) in [6, 6.07) is 10.1. The normalized spacial score (nSPS) is 20.1. The van der Waals surface area contributed by atoms with E-state index < -0.39 is 5.60 Å². The van der Waals surface area contributed by atoms with Crippen LogP contribution in [0.15, 0.2) is 36.4 Å². The number of rotatable bonds is 2. The molecule has 3 rings (SSSR count). The van der Waals surface area contributed by atoms with E-state index in [0.29, 0.717) is 22.4 Å². The number of likely N-dealkylation sites (N-methyl/N-ethyl adjacent to an activating group) is 1. The van der Waals surface area contributed by atoms with Gasteiger partial charge in [-0.2, -0.15) is 0 Å². The highest BCUT2D eigenvalue weighted by Gasteiger charge is 2.38. The van der Waals surface area contributed by atoms with Crippen molar-refractivity contribution in [3.63, 3.8) is 0 Å². The lowest BCUT2D eigenvalue weighted by Gasteiger charge is -2.29. The molecule has 0 bridgehead atoms. The minimum atomic E-state index is -1.34. The molecule has 1 aliphatic rings. The van der Waals surface area contributed by atoms with E-state index in [9.17, 15) is 15.3 Å². The van der Waals surface area contributed by atoms with Crippen molar-refractivity contribution in [2.75, 3.05) is 13.6 Å². The first-order valence-corrected chi connectivity index (χ1v) is 6.71. The molecule has 5 heteroatoms. The molecule has 110 valence electrons. The quantitative estimate of drug-likeness (QED) is 0.628. The number of hydrogen-bond acceptors (Lipinski definition) is 5. The second-order valence-electron chi connectivity index (χ2n) is 5.17. The van der Waals surface area contributed by atoms with Crippen molar-refractivity contribution in [1.29, 1.82) is 0 Å². The van der Waals surface area contributed by atoms with Crippen LogP contribution in [0.5, 0.6) is 17.2 Å². The van der Waals surface area contributed by atoms with Crippen LogP contribution in [0.25, 0.3) is 0 Å². The molecule has 2 aromatic carbocycles. The van der Waals surface area contributed by atoms with E-state index in [4.69, 9.17) is 4.74 Å². The maximum atomic E-state index is 11.2. The summed E-state index contributed by atoms with van der Waals surface area (Å²) in [6.45, 7) is 0.469. The SMILES string of the molecule is CNCC1(O)c2cc(O)c(O)cc2COc2ccccc21. The van der Waals surface area contributed by atoms with Gasteiger partial charge in [-0.25, -0.2) is 0 Å². The van der Waals surface area contributed by atoms with Gasteiger partial charge in [0.2, 0.25) is 0 Å². The first-order valence-electron chi connectivity index (χ1n) is 6.71. The van der Waals surface area contributed by atoms with E-state index in [0.717, 1.165) is 0 Å². The summed E-state index contributed by atoms with van der Waals surface area (Å²) in [6.07, 6.45) is 0. The minimum absolute atomic E-state index is 0.214. The van der Waals surface area contributed by atoms with Gasteiger partial charge in [0.25, 0.3) is 0 Å². The molecule has 2 aromatic rings. The van der Waals surface area contributed by atoms with Gasteiger partial charge < -0.3 is 25.4 Å². The maximum absolute atomic E-state index is 11.2. The fraction of sp³-hybridized carbons (Fsp3) is 0.250. The Balaban J connectivity index is 2.28. The van der Waals surface area contributed by atoms with E-state index in [1.54, 1.807) is 19.2 Å². The Labute approximate surface area is 122 Å². The lowest BCUT2D eigenvalue weighted by atomic mass is 9.83. The number of aliphatic hydroxyl groups is 1. The van der Waals surface area contributed by atoms with Crippen molar-refractivity contribution in [1.82, 2.24) is 5.32 Å². The Kier molecular flexibility index (Phi) is 3.23. The van der Waals surface area contributed by atoms with Gasteiger partial charge in [-0.1, -0.05) is 18.2 Å². The first-order chi connectivity index (χ1) is 10.1. The third kappa shape index (κ3) is 2.11. The van der Waals surface area contributed by atoms with Crippen molar-refractivity contribution in [2.24, 2.45) is 0 Å². The summed E-state index contributed by atoms with van der Waals surface area (Å²) in [4.78, 5) is 0. The average molecular weight is 287 g/mol. The predicted octanol–water partition coefficient (Wildman–Crippen LogP) is 1.45. The number of ether oxygens (including phenoxy) is 1. The highest BCUT2D eigenvalue weighted by Crippen LogP contribution is 2.43. The smallest absolute Gasteiger partial charge is 0.157 e. The number of phenolic OH excluding ortho intramolecular Hbond substituents is 2. The molecule has 0 aromatic heterocycles. The summed E-state index contributed by atoms with van der Waals surface area (Å²) in [7, 11) is 1.74. The highest BCUT2D eigenvalue weighted by atomic mass is 16.5. The molecule has 0 radical (unpaired) electrons. The Morgan fingerprint density at radius 2 is 1.86 bits per heavy atom. The Bertz CT molecular complexity index is 686. The van der Waals surface area contributed by atoms with Crippen LogP contribution in [0.3, 0.4) is 0 Å². The Morgan fingerprint density at radius 3 is 2.62 bits per heavy atom. The molecule has 0 saturated heterocycles. The average Bonchev–Trinajstić information content (AvgIpc) is 2.58. The van der Waals surface area contributed by atoms with Gasteiger partial charge in [0.05, 0.1) is 0 Å². The summed E-state index contributed by atoms with van der Waals surface area (Å²) in [5.74, 6) is 0.100. The number of benzene rings is 2. The van der Waals surface area contributed by atoms with Crippen LogP contribution < -0.4 is 10.1 Å². The van der Waals surface area contributed by atoms with Gasteiger partial charge in [0.15, 0.2) is 11.5 Å². The van der Waals surface area contributed by atoms with Crippen LogP contribution >= 0.6 is 0 Å². The summed E-state index contributed by atoms with van der Waals surface area (Å²) in [5, 5.41) is 33.7. The van der Waals surface area contributed by atoms with Crippen molar-refractivity contribution in [2.45, 2.75) is 12.2 Å². The van der Waals surface area contributed by atoms with Gasteiger partial charge >= 0.3 is 0 Å². The molecule has 1 atom stereocenters. The van der Waals surface area contributed by atoms with Gasteiger partial charge in [-0.15, -0.1) is 0 Å². The van der Waals surface area contributed by atoms with E-state index in [2.05, 4.69) is 5.32 Å². The molecule has 21 heavy (non-hydrogen) atoms. The summed E-state index contributed by atoms with van der Waals surface area (Å²) >= 11 is 0. The summed E-state index contributed by atoms with van der Waals surface area (Å²) < 4.78 is 5.73. The topological polar surface area (TPSA) is 82.0 Å². The van der Waals surface area contributed by atoms with Crippen LogP contribution in [0.4, 0.5) is 0 Å². The number of phenols is 2. The minimum Gasteiger partial charge on any atom is -0.504 e. The number of nitrogens with one attached hydrogen (secondary N) is 1. The predicted molar refractivity (Wildman–Crippen MR) is 77.5 cm³/mol. The molecule has 5 nitrogen and oxygen atoms in total. The van der Waals surface area contributed by atoms with Crippen LogP contribution in [-0.4, -0.2) is 28.9 Å². The van der Waals surface area contributed by atoms with E-state index >= 15 is 0 Å². The molecule has 0 fully saturated rings. The summed E-state index contributed by atoms with van der Waals surface area (Å²) in [5.41, 5.74) is 0.446. The second kappa shape index (κ2) is 4.95. The highest BCUT2D eigenvalue weighted by molar-refractivity contribution is 5.54. The molecule has 4 N–H and O–H groups in total. The molecular weight excluding hydrogens is 270 g/mol. The lowest BCUT2D eigenvalue weighted by Crippen LogP contribution is -2.38. The number of aromatic hydroxyl groups is 2. The zero-order valence-corrected chi connectivity index (χ0v) is 11.6. The molecule has 0 spiro atoms. The largest absolute Gasteiger partial charge is 0.504 e. The van der Waals surface area contributed by atoms with Gasteiger partial charge in [0.1, 0.15) is 18.0 Å². The van der Waals surface area contributed by atoms with Crippen LogP contribution in [0.2, 0.25) is 0 Å². The van der Waals surface area contributed by atoms with Crippen molar-refractivity contribution < 1.29 is 20.1 Å². The third-order valence-electron chi connectivity index (χ3n) is 3.79. The lowest BCUT2D eigenvalue weighted by molar-refractivity contribution is 0.0812. The Hall–Kier alpha value is -2.24. The molecule has 1 aliphatic heterocycles. The molecule has 0 saturated carbocycles. The van der Waals surface area contributed by atoms with Gasteiger partial charge in [0, 0.05) is 12.1 Å². The monoisotopic (exact) mass is 287 g/mol. The third-order valence-corrected chi connectivity index (χ3v) is 3.79. The van der Waals surface area contributed by atoms with Crippen molar-refractivity contribution in [3.8, 4) is 17.2 Å². The van der Waals surface area contributed by atoms with E-state index in [1.165, 1.54) is 12.1 Å². The fourth-order valence-corrected chi connectivity index (χ4v) is 2.81. The zero-order chi connectivity index (χ0) is 15.0. The molecule has 1 unspecified atom stereocenters. The first kappa shape index (κ1) is 13.7. The van der Waals surface area contributed by atoms with E-state index in [-0.39, 0.29) is 24.7 Å². The van der Waals surface area contributed by atoms with E-state index in [1.807, 2.05) is 12.1 Å². The molecule has 1 heterocycles. The number of para-hydroxylation sites is 1. The number of hydrogen-bond donors (Lipinski definition) is 4. The van der Waals surface area contributed by atoms with Gasteiger partial charge in [-0.05, 0) is 36.4 Å². The maximum Gasteiger partial charge on any atom is 0.157 e. The van der Waals surface area contributed by atoms with Crippen molar-refractivity contribution in [3.05, 3.63) is 53.1 Å². The standard InChI is InChI=1S/C16H17NO4/c1-17-9-16(20)11-4-2-3-5-15(11)21-8-10-6-13(18)14(19)7-12(10)16/h2-7,17-20H,8-9H2,1H3. The molecule has 0 aliphatic carbocycles. The molecular formula is C16H17NO4. The zero-order valence-electron chi connectivity index (χ0n) is 11.6. The van der Waals surface area contributed by atoms with Gasteiger partial charge in [-0.3, -0.25) is 0 Å². The second-order valence-corrected chi connectivity index (χ2v) is 5.17. The van der Waals surface area contributed by atoms with Crippen LogP contribution in [0.1, 0.15) is 16.7 Å². The molecule has 0 amide bonds.